The Kier molecular flexibility index (Phi) is 5.15. The number of carbonyl (C=O) groups is 1. The molecule has 1 fully saturated rings. The molecule has 1 aliphatic rings. The molecule has 0 bridgehead atoms. The summed E-state index contributed by atoms with van der Waals surface area (Å²) < 4.78 is 10.3. The maximum absolute atomic E-state index is 12.0. The third-order valence-electron chi connectivity index (χ3n) is 4.02. The molecule has 0 spiro atoms. The van der Waals surface area contributed by atoms with Crippen molar-refractivity contribution in [2.24, 2.45) is 11.8 Å². The standard InChI is InChI=1S/C15H24N2O3/c1-10(2)8-9-12-16-14(20-17-12)13(15(18)19-3)11-6-4-5-7-11/h10-11,13H,4-9H2,1-3H3. The number of rotatable bonds is 6. The normalized spacial score (nSPS) is 17.6. The van der Waals surface area contributed by atoms with Gasteiger partial charge >= 0.3 is 5.97 Å². The van der Waals surface area contributed by atoms with Crippen LogP contribution in [0.15, 0.2) is 4.52 Å². The van der Waals surface area contributed by atoms with Gasteiger partial charge < -0.3 is 9.26 Å². The highest BCUT2D eigenvalue weighted by Crippen LogP contribution is 2.37. The largest absolute Gasteiger partial charge is 0.468 e. The molecule has 1 aromatic rings. The Morgan fingerprint density at radius 2 is 2.10 bits per heavy atom. The van der Waals surface area contributed by atoms with Crippen LogP contribution in [-0.4, -0.2) is 23.2 Å². The summed E-state index contributed by atoms with van der Waals surface area (Å²) in [5, 5.41) is 4.00. The molecule has 0 radical (unpaired) electrons. The van der Waals surface area contributed by atoms with Crippen LogP contribution in [0.5, 0.6) is 0 Å². The van der Waals surface area contributed by atoms with Gasteiger partial charge in [0.05, 0.1) is 7.11 Å². The Labute approximate surface area is 120 Å². The minimum absolute atomic E-state index is 0.254. The van der Waals surface area contributed by atoms with E-state index in [0.29, 0.717) is 17.6 Å². The number of aromatic nitrogens is 2. The molecule has 1 heterocycles. The van der Waals surface area contributed by atoms with Gasteiger partial charge in [0.2, 0.25) is 5.89 Å². The van der Waals surface area contributed by atoms with Gasteiger partial charge in [0.25, 0.3) is 0 Å². The monoisotopic (exact) mass is 280 g/mol. The van der Waals surface area contributed by atoms with E-state index in [1.165, 1.54) is 7.11 Å². The molecular weight excluding hydrogens is 256 g/mol. The summed E-state index contributed by atoms with van der Waals surface area (Å²) in [5.41, 5.74) is 0. The smallest absolute Gasteiger partial charge is 0.318 e. The fourth-order valence-electron chi connectivity index (χ4n) is 2.83. The number of aryl methyl sites for hydroxylation is 1. The molecule has 0 amide bonds. The summed E-state index contributed by atoms with van der Waals surface area (Å²) in [5.74, 6) is 1.37. The van der Waals surface area contributed by atoms with Crippen molar-refractivity contribution in [1.82, 2.24) is 10.1 Å². The molecule has 2 rings (SSSR count). The van der Waals surface area contributed by atoms with Crippen molar-refractivity contribution in [1.29, 1.82) is 0 Å². The number of hydrogen-bond donors (Lipinski definition) is 0. The predicted molar refractivity (Wildman–Crippen MR) is 74.2 cm³/mol. The van der Waals surface area contributed by atoms with E-state index >= 15 is 0 Å². The van der Waals surface area contributed by atoms with Crippen LogP contribution in [0.2, 0.25) is 0 Å². The Balaban J connectivity index is 2.10. The zero-order chi connectivity index (χ0) is 14.5. The van der Waals surface area contributed by atoms with Crippen LogP contribution >= 0.6 is 0 Å². The predicted octanol–water partition coefficient (Wildman–Crippen LogP) is 3.11. The molecule has 1 atom stereocenters. The van der Waals surface area contributed by atoms with Crippen LogP contribution in [0.4, 0.5) is 0 Å². The molecule has 1 unspecified atom stereocenters. The van der Waals surface area contributed by atoms with Crippen LogP contribution in [-0.2, 0) is 16.0 Å². The number of nitrogens with zero attached hydrogens (tertiary/aromatic N) is 2. The van der Waals surface area contributed by atoms with Crippen LogP contribution < -0.4 is 0 Å². The first-order valence-electron chi connectivity index (χ1n) is 7.52. The topological polar surface area (TPSA) is 65.2 Å². The second kappa shape index (κ2) is 6.86. The zero-order valence-corrected chi connectivity index (χ0v) is 12.6. The van der Waals surface area contributed by atoms with Crippen LogP contribution in [0.25, 0.3) is 0 Å². The fraction of sp³-hybridized carbons (Fsp3) is 0.800. The number of hydrogen-bond acceptors (Lipinski definition) is 5. The Hall–Kier alpha value is -1.39. The Morgan fingerprint density at radius 1 is 1.40 bits per heavy atom. The first-order valence-corrected chi connectivity index (χ1v) is 7.52. The minimum atomic E-state index is -0.386. The van der Waals surface area contributed by atoms with Crippen molar-refractivity contribution in [2.45, 2.75) is 58.3 Å². The molecular formula is C15H24N2O3. The van der Waals surface area contributed by atoms with Gasteiger partial charge in [-0.2, -0.15) is 4.98 Å². The lowest BCUT2D eigenvalue weighted by Crippen LogP contribution is -2.22. The quantitative estimate of drug-likeness (QED) is 0.749. The van der Waals surface area contributed by atoms with E-state index in [1.807, 2.05) is 0 Å². The lowest BCUT2D eigenvalue weighted by Gasteiger charge is -2.16. The summed E-state index contributed by atoms with van der Waals surface area (Å²) in [7, 11) is 1.42. The van der Waals surface area contributed by atoms with Crippen LogP contribution in [0, 0.1) is 11.8 Å². The molecule has 0 aromatic carbocycles. The maximum atomic E-state index is 12.0. The van der Waals surface area contributed by atoms with Gasteiger partial charge in [-0.05, 0) is 31.1 Å². The van der Waals surface area contributed by atoms with Crippen LogP contribution in [0.3, 0.4) is 0 Å². The van der Waals surface area contributed by atoms with Gasteiger partial charge in [-0.25, -0.2) is 0 Å². The number of methoxy groups -OCH3 is 1. The summed E-state index contributed by atoms with van der Waals surface area (Å²) in [6.45, 7) is 4.33. The average Bonchev–Trinajstić information content (AvgIpc) is 3.08. The van der Waals surface area contributed by atoms with E-state index in [2.05, 4.69) is 24.0 Å². The Bertz CT molecular complexity index is 436. The highest BCUT2D eigenvalue weighted by atomic mass is 16.5. The summed E-state index contributed by atoms with van der Waals surface area (Å²) >= 11 is 0. The van der Waals surface area contributed by atoms with Gasteiger partial charge in [-0.15, -0.1) is 0 Å². The van der Waals surface area contributed by atoms with Gasteiger partial charge in [-0.3, -0.25) is 4.79 Å². The molecule has 1 saturated carbocycles. The zero-order valence-electron chi connectivity index (χ0n) is 12.6. The first kappa shape index (κ1) is 15.0. The van der Waals surface area contributed by atoms with E-state index in [0.717, 1.165) is 38.5 Å². The molecule has 1 aromatic heterocycles. The van der Waals surface area contributed by atoms with Gasteiger partial charge in [-0.1, -0.05) is 31.8 Å². The molecule has 5 nitrogen and oxygen atoms in total. The average molecular weight is 280 g/mol. The minimum Gasteiger partial charge on any atom is -0.468 e. The highest BCUT2D eigenvalue weighted by Gasteiger charge is 2.37. The maximum Gasteiger partial charge on any atom is 0.318 e. The third kappa shape index (κ3) is 3.58. The molecule has 112 valence electrons. The highest BCUT2D eigenvalue weighted by molar-refractivity contribution is 5.77. The lowest BCUT2D eigenvalue weighted by atomic mass is 9.91. The van der Waals surface area contributed by atoms with Crippen molar-refractivity contribution < 1.29 is 14.1 Å². The van der Waals surface area contributed by atoms with Gasteiger partial charge in [0, 0.05) is 6.42 Å². The molecule has 0 aliphatic heterocycles. The lowest BCUT2D eigenvalue weighted by molar-refractivity contribution is -0.144. The second-order valence-corrected chi connectivity index (χ2v) is 6.03. The molecule has 20 heavy (non-hydrogen) atoms. The van der Waals surface area contributed by atoms with E-state index < -0.39 is 0 Å². The number of carbonyl (C=O) groups excluding carboxylic acids is 1. The SMILES string of the molecule is COC(=O)C(c1nc(CCC(C)C)no1)C1CCCC1. The molecule has 0 saturated heterocycles. The van der Waals surface area contributed by atoms with E-state index in [-0.39, 0.29) is 17.8 Å². The van der Waals surface area contributed by atoms with Crippen molar-refractivity contribution >= 4 is 5.97 Å². The van der Waals surface area contributed by atoms with E-state index in [4.69, 9.17) is 9.26 Å². The van der Waals surface area contributed by atoms with Gasteiger partial charge in [0.15, 0.2) is 5.82 Å². The Morgan fingerprint density at radius 3 is 2.70 bits per heavy atom. The fourth-order valence-corrected chi connectivity index (χ4v) is 2.83. The molecule has 5 heteroatoms. The second-order valence-electron chi connectivity index (χ2n) is 6.03. The van der Waals surface area contributed by atoms with Crippen molar-refractivity contribution in [3.8, 4) is 0 Å². The van der Waals surface area contributed by atoms with E-state index in [9.17, 15) is 4.79 Å². The van der Waals surface area contributed by atoms with E-state index in [1.54, 1.807) is 0 Å². The summed E-state index contributed by atoms with van der Waals surface area (Å²) in [4.78, 5) is 16.4. The van der Waals surface area contributed by atoms with Crippen molar-refractivity contribution in [3.63, 3.8) is 0 Å². The number of esters is 1. The summed E-state index contributed by atoms with van der Waals surface area (Å²) in [6.07, 6.45) is 6.19. The first-order chi connectivity index (χ1) is 9.61. The van der Waals surface area contributed by atoms with Crippen LogP contribution in [0.1, 0.15) is 63.6 Å². The van der Waals surface area contributed by atoms with Crippen molar-refractivity contribution in [3.05, 3.63) is 11.7 Å². The molecule has 1 aliphatic carbocycles. The van der Waals surface area contributed by atoms with Crippen molar-refractivity contribution in [2.75, 3.05) is 7.11 Å². The summed E-state index contributed by atoms with van der Waals surface area (Å²) in [6, 6.07) is 0. The molecule has 0 N–H and O–H groups in total. The third-order valence-corrected chi connectivity index (χ3v) is 4.02. The number of ether oxygens (including phenoxy) is 1. The van der Waals surface area contributed by atoms with Gasteiger partial charge in [0.1, 0.15) is 5.92 Å².